The highest BCUT2D eigenvalue weighted by Gasteiger charge is 2.47. The number of benzene rings is 1. The number of fused-ring (bicyclic) bond motifs is 1. The normalized spacial score (nSPS) is 18.1. The van der Waals surface area contributed by atoms with E-state index >= 15 is 0 Å². The molecule has 1 aliphatic carbocycles. The third kappa shape index (κ3) is 5.71. The molecular weight excluding hydrogens is 615 g/mol. The number of amides is 2. The first kappa shape index (κ1) is 30.5. The summed E-state index contributed by atoms with van der Waals surface area (Å²) in [7, 11) is 0. The van der Waals surface area contributed by atoms with Crippen LogP contribution in [0.3, 0.4) is 0 Å². The van der Waals surface area contributed by atoms with Gasteiger partial charge < -0.3 is 15.2 Å². The number of nitrogens with zero attached hydrogens (tertiary/aromatic N) is 6. The van der Waals surface area contributed by atoms with Crippen molar-refractivity contribution in [2.75, 3.05) is 16.8 Å². The number of alkyl halides is 2. The number of aromatic nitrogens is 5. The molecule has 2 aliphatic rings. The van der Waals surface area contributed by atoms with Crippen LogP contribution >= 0.6 is 11.6 Å². The average molecular weight is 642 g/mol. The number of hydrogen-bond acceptors (Lipinski definition) is 8. The van der Waals surface area contributed by atoms with Crippen LogP contribution in [0.25, 0.3) is 11.3 Å². The Morgan fingerprint density at radius 1 is 1.22 bits per heavy atom. The topological polar surface area (TPSA) is 135 Å². The number of carbonyl (C=O) groups is 2. The van der Waals surface area contributed by atoms with Crippen LogP contribution in [0.5, 0.6) is 5.75 Å². The fourth-order valence-corrected chi connectivity index (χ4v) is 5.84. The lowest BCUT2D eigenvalue weighted by molar-refractivity contribution is -0.123. The number of ether oxygens (including phenoxy) is 1. The van der Waals surface area contributed by atoms with Gasteiger partial charge in [-0.05, 0) is 61.9 Å². The smallest absolute Gasteiger partial charge is 0.387 e. The zero-order valence-corrected chi connectivity index (χ0v) is 24.8. The summed E-state index contributed by atoms with van der Waals surface area (Å²) in [6.07, 6.45) is 7.70. The first-order valence-corrected chi connectivity index (χ1v) is 14.5. The zero-order chi connectivity index (χ0) is 32.0. The molecule has 1 saturated carbocycles. The minimum absolute atomic E-state index is 0.111. The van der Waals surface area contributed by atoms with E-state index in [-0.39, 0.29) is 45.7 Å². The zero-order valence-electron chi connectivity index (χ0n) is 24.0. The van der Waals surface area contributed by atoms with Crippen LogP contribution in [0.15, 0.2) is 43.0 Å². The monoisotopic (exact) mass is 641 g/mol. The second kappa shape index (κ2) is 12.1. The second-order valence-electron chi connectivity index (χ2n) is 11.0. The number of aliphatic hydroxyl groups excluding tert-OH is 1. The third-order valence-corrected chi connectivity index (χ3v) is 8.52. The summed E-state index contributed by atoms with van der Waals surface area (Å²) in [5, 5.41) is 16.4. The maximum atomic E-state index is 14.9. The summed E-state index contributed by atoms with van der Waals surface area (Å²) in [4.78, 5) is 40.5. The fraction of sp³-hybridized carbons (Fsp3) is 0.333. The van der Waals surface area contributed by atoms with E-state index in [1.165, 1.54) is 6.20 Å². The molecular formula is C30H27ClF3N7O4. The molecule has 3 aromatic heterocycles. The Bertz CT molecular complexity index is 1800. The van der Waals surface area contributed by atoms with Gasteiger partial charge in [-0.15, -0.1) is 0 Å². The molecule has 0 unspecified atom stereocenters. The molecule has 2 fully saturated rings. The highest BCUT2D eigenvalue weighted by atomic mass is 35.5. The molecule has 2 N–H and O–H groups in total. The van der Waals surface area contributed by atoms with Gasteiger partial charge >= 0.3 is 6.61 Å². The summed E-state index contributed by atoms with van der Waals surface area (Å²) < 4.78 is 47.0. The molecule has 15 heteroatoms. The number of nitrogens with one attached hydrogen (secondary N) is 1. The molecule has 45 heavy (non-hydrogen) atoms. The molecule has 0 radical (unpaired) electrons. The van der Waals surface area contributed by atoms with Gasteiger partial charge in [0.25, 0.3) is 5.91 Å². The molecule has 0 spiro atoms. The molecule has 1 aliphatic heterocycles. The van der Waals surface area contributed by atoms with Crippen molar-refractivity contribution in [1.29, 1.82) is 0 Å². The summed E-state index contributed by atoms with van der Waals surface area (Å²) in [6, 6.07) is 3.75. The Morgan fingerprint density at radius 2 is 2.02 bits per heavy atom. The van der Waals surface area contributed by atoms with Gasteiger partial charge in [-0.3, -0.25) is 24.2 Å². The van der Waals surface area contributed by atoms with E-state index in [4.69, 9.17) is 11.6 Å². The van der Waals surface area contributed by atoms with Gasteiger partial charge in [0.05, 0.1) is 52.7 Å². The van der Waals surface area contributed by atoms with E-state index in [0.717, 1.165) is 42.3 Å². The molecule has 3 atom stereocenters. The van der Waals surface area contributed by atoms with Crippen LogP contribution in [0.1, 0.15) is 53.1 Å². The predicted octanol–water partition coefficient (Wildman–Crippen LogP) is 5.16. The van der Waals surface area contributed by atoms with Crippen LogP contribution in [-0.2, 0) is 11.4 Å². The second-order valence-corrected chi connectivity index (χ2v) is 11.4. The van der Waals surface area contributed by atoms with Gasteiger partial charge in [0.2, 0.25) is 5.91 Å². The highest BCUT2D eigenvalue weighted by molar-refractivity contribution is 6.31. The van der Waals surface area contributed by atoms with E-state index in [9.17, 15) is 27.9 Å². The Balaban J connectivity index is 1.21. The molecule has 4 aromatic rings. The minimum atomic E-state index is -3.27. The minimum Gasteiger partial charge on any atom is -0.434 e. The maximum absolute atomic E-state index is 14.9. The highest BCUT2D eigenvalue weighted by Crippen LogP contribution is 2.43. The number of halogens is 4. The number of aliphatic hydroxyl groups is 1. The van der Waals surface area contributed by atoms with Crippen molar-refractivity contribution in [3.63, 3.8) is 0 Å². The third-order valence-electron chi connectivity index (χ3n) is 8.23. The van der Waals surface area contributed by atoms with Crippen molar-refractivity contribution >= 4 is 34.9 Å². The Morgan fingerprint density at radius 3 is 2.67 bits per heavy atom. The number of aryl methyl sites for hydroxylation is 1. The first-order chi connectivity index (χ1) is 21.5. The van der Waals surface area contributed by atoms with Gasteiger partial charge in [0.15, 0.2) is 11.5 Å². The van der Waals surface area contributed by atoms with Crippen molar-refractivity contribution in [3.05, 3.63) is 76.3 Å². The molecule has 6 rings (SSSR count). The molecule has 4 heterocycles. The summed E-state index contributed by atoms with van der Waals surface area (Å²) in [6.45, 7) is 0.549. The number of pyridine rings is 1. The van der Waals surface area contributed by atoms with Gasteiger partial charge in [-0.2, -0.15) is 13.9 Å². The maximum Gasteiger partial charge on any atom is 0.387 e. The van der Waals surface area contributed by atoms with Crippen LogP contribution in [0.4, 0.5) is 24.7 Å². The molecule has 1 aromatic carbocycles. The number of hydrogen-bond donors (Lipinski definition) is 2. The molecule has 11 nitrogen and oxygen atoms in total. The molecule has 1 saturated heterocycles. The largest absolute Gasteiger partial charge is 0.434 e. The van der Waals surface area contributed by atoms with Crippen LogP contribution < -0.4 is 15.0 Å². The Labute approximate surface area is 260 Å². The van der Waals surface area contributed by atoms with Crippen LogP contribution in [0, 0.1) is 24.6 Å². The number of anilines is 2. The van der Waals surface area contributed by atoms with Crippen molar-refractivity contribution in [1.82, 2.24) is 24.7 Å². The first-order valence-electron chi connectivity index (χ1n) is 14.1. The summed E-state index contributed by atoms with van der Waals surface area (Å²) >= 11 is 5.86. The van der Waals surface area contributed by atoms with Crippen LogP contribution in [-0.4, -0.2) is 54.8 Å². The van der Waals surface area contributed by atoms with Gasteiger partial charge in [-0.1, -0.05) is 11.6 Å². The lowest BCUT2D eigenvalue weighted by atomic mass is 9.76. The van der Waals surface area contributed by atoms with Crippen molar-refractivity contribution in [2.45, 2.75) is 45.9 Å². The van der Waals surface area contributed by atoms with E-state index in [1.807, 2.05) is 19.9 Å². The van der Waals surface area contributed by atoms with Crippen LogP contribution in [0.2, 0.25) is 5.02 Å². The van der Waals surface area contributed by atoms with E-state index in [0.29, 0.717) is 18.3 Å². The quantitative estimate of drug-likeness (QED) is 0.256. The summed E-state index contributed by atoms with van der Waals surface area (Å²) in [5.74, 6) is -1.16. The lowest BCUT2D eigenvalue weighted by Crippen LogP contribution is -2.29. The number of rotatable bonds is 9. The van der Waals surface area contributed by atoms with Crippen molar-refractivity contribution < 1.29 is 32.6 Å². The fourth-order valence-electron chi connectivity index (χ4n) is 5.68. The average Bonchev–Trinajstić information content (AvgIpc) is 3.54. The molecule has 0 bridgehead atoms. The van der Waals surface area contributed by atoms with Crippen molar-refractivity contribution in [3.8, 4) is 17.0 Å². The van der Waals surface area contributed by atoms with Gasteiger partial charge in [0.1, 0.15) is 11.6 Å². The lowest BCUT2D eigenvalue weighted by Gasteiger charge is -2.25. The molecule has 2 amide bonds. The predicted molar refractivity (Wildman–Crippen MR) is 157 cm³/mol. The van der Waals surface area contributed by atoms with Gasteiger partial charge in [0, 0.05) is 24.9 Å². The summed E-state index contributed by atoms with van der Waals surface area (Å²) in [5.41, 5.74) is 0.624. The van der Waals surface area contributed by atoms with E-state index in [2.05, 4.69) is 30.1 Å². The van der Waals surface area contributed by atoms with E-state index < -0.39 is 36.3 Å². The SMILES string of the molecule is Cc1cc([C@H](C)n2cc(NC(=O)c3nc(-c4c(OC(F)F)ccc(Cl)c4F)cnc3CO)cn2)cnc1N1C[C@H]2CC[C@H]2C1=O. The van der Waals surface area contributed by atoms with Gasteiger partial charge in [-0.25, -0.2) is 14.4 Å². The van der Waals surface area contributed by atoms with Crippen molar-refractivity contribution in [2.24, 2.45) is 11.8 Å². The Kier molecular flexibility index (Phi) is 8.18. The number of carbonyl (C=O) groups excluding carboxylic acids is 2. The van der Waals surface area contributed by atoms with E-state index in [1.54, 1.807) is 22.0 Å². The standard InChI is InChI=1S/C30H27ClF3N7O4/c1-14-7-17(8-36-27(14)40-11-16-3-4-19(16)29(40)44)15(2)41-12-18(9-37-41)38-28(43)26-22(13-42)35-10-21(39-26)24-23(45-30(33)34)6-5-20(31)25(24)32/h5-10,12,15-16,19,30,42H,3-4,11,13H2,1-2H3,(H,38,43)/t15-,16+,19+/m0/s1. The Hall–Kier alpha value is -4.56. The molecule has 234 valence electrons.